The van der Waals surface area contributed by atoms with Gasteiger partial charge in [0.2, 0.25) is 0 Å². The van der Waals surface area contributed by atoms with Gasteiger partial charge < -0.3 is 5.73 Å². The normalized spacial score (nSPS) is 10.2. The zero-order valence-corrected chi connectivity index (χ0v) is 10.0. The molecule has 2 aromatic carbocycles. The Morgan fingerprint density at radius 2 is 1.53 bits per heavy atom. The minimum Gasteiger partial charge on any atom is -0.399 e. The van der Waals surface area contributed by atoms with Crippen LogP contribution in [-0.4, -0.2) is 5.78 Å². The van der Waals surface area contributed by atoms with Gasteiger partial charge in [0, 0.05) is 16.8 Å². The van der Waals surface area contributed by atoms with Crippen molar-refractivity contribution in [3.05, 3.63) is 64.7 Å². The molecule has 2 aromatic rings. The highest BCUT2D eigenvalue weighted by Crippen LogP contribution is 2.16. The molecule has 0 aromatic heterocycles. The molecule has 2 nitrogen and oxygen atoms in total. The van der Waals surface area contributed by atoms with Gasteiger partial charge in [-0.05, 0) is 37.6 Å². The number of carbonyl (C=O) groups excluding carboxylic acids is 1. The van der Waals surface area contributed by atoms with Crippen molar-refractivity contribution in [2.45, 2.75) is 13.8 Å². The first-order valence-electron chi connectivity index (χ1n) is 5.55. The number of nitrogen functional groups attached to an aromatic ring is 1. The number of rotatable bonds is 2. The number of anilines is 1. The van der Waals surface area contributed by atoms with Crippen LogP contribution in [0.15, 0.2) is 42.5 Å². The molecule has 2 heteroatoms. The summed E-state index contributed by atoms with van der Waals surface area (Å²) in [6.07, 6.45) is 0. The smallest absolute Gasteiger partial charge is 0.193 e. The third-order valence-corrected chi connectivity index (χ3v) is 2.68. The van der Waals surface area contributed by atoms with Crippen LogP contribution >= 0.6 is 0 Å². The number of ketones is 1. The van der Waals surface area contributed by atoms with E-state index in [1.807, 2.05) is 50.2 Å². The maximum Gasteiger partial charge on any atom is 0.193 e. The van der Waals surface area contributed by atoms with Crippen LogP contribution < -0.4 is 5.73 Å². The lowest BCUT2D eigenvalue weighted by Gasteiger charge is -2.04. The quantitative estimate of drug-likeness (QED) is 0.630. The van der Waals surface area contributed by atoms with E-state index in [4.69, 9.17) is 5.73 Å². The summed E-state index contributed by atoms with van der Waals surface area (Å²) >= 11 is 0. The molecule has 2 N–H and O–H groups in total. The Kier molecular flexibility index (Phi) is 2.96. The summed E-state index contributed by atoms with van der Waals surface area (Å²) in [4.78, 5) is 12.2. The van der Waals surface area contributed by atoms with E-state index in [-0.39, 0.29) is 5.78 Å². The molecule has 2 rings (SSSR count). The molecular formula is C15H15NO. The Balaban J connectivity index is 2.40. The van der Waals surface area contributed by atoms with Gasteiger partial charge in [0.05, 0.1) is 0 Å². The van der Waals surface area contributed by atoms with Gasteiger partial charge in [-0.1, -0.05) is 29.8 Å². The summed E-state index contributed by atoms with van der Waals surface area (Å²) in [5.41, 5.74) is 9.86. The Bertz CT molecular complexity index is 535. The highest BCUT2D eigenvalue weighted by atomic mass is 16.1. The molecule has 0 unspecified atom stereocenters. The van der Waals surface area contributed by atoms with Crippen molar-refractivity contribution in [3.8, 4) is 0 Å². The van der Waals surface area contributed by atoms with Gasteiger partial charge in [0.15, 0.2) is 5.78 Å². The Morgan fingerprint density at radius 1 is 0.882 bits per heavy atom. The topological polar surface area (TPSA) is 43.1 Å². The molecule has 0 spiro atoms. The molecule has 0 bridgehead atoms. The van der Waals surface area contributed by atoms with E-state index < -0.39 is 0 Å². The van der Waals surface area contributed by atoms with Crippen LogP contribution in [0, 0.1) is 13.8 Å². The second-order valence-electron chi connectivity index (χ2n) is 4.33. The predicted octanol–water partition coefficient (Wildman–Crippen LogP) is 3.12. The maximum atomic E-state index is 12.2. The molecule has 0 saturated carbocycles. The SMILES string of the molecule is Cc1ccc(C(=O)c2cc(C)cc(N)c2)cc1. The Labute approximate surface area is 101 Å². The van der Waals surface area contributed by atoms with Gasteiger partial charge in [0.1, 0.15) is 0 Å². The second kappa shape index (κ2) is 4.42. The molecule has 17 heavy (non-hydrogen) atoms. The van der Waals surface area contributed by atoms with Gasteiger partial charge in [-0.2, -0.15) is 0 Å². The van der Waals surface area contributed by atoms with E-state index in [1.54, 1.807) is 6.07 Å². The van der Waals surface area contributed by atoms with Crippen LogP contribution in [0.5, 0.6) is 0 Å². The average Bonchev–Trinajstić information content (AvgIpc) is 2.28. The fourth-order valence-corrected chi connectivity index (χ4v) is 1.82. The monoisotopic (exact) mass is 225 g/mol. The predicted molar refractivity (Wildman–Crippen MR) is 70.2 cm³/mol. The highest BCUT2D eigenvalue weighted by Gasteiger charge is 2.09. The lowest BCUT2D eigenvalue weighted by Crippen LogP contribution is -2.02. The van der Waals surface area contributed by atoms with Crippen LogP contribution in [0.4, 0.5) is 5.69 Å². The molecule has 0 aliphatic heterocycles. The van der Waals surface area contributed by atoms with Crippen molar-refractivity contribution < 1.29 is 4.79 Å². The number of nitrogens with two attached hydrogens (primary N) is 1. The van der Waals surface area contributed by atoms with Crippen molar-refractivity contribution >= 4 is 11.5 Å². The summed E-state index contributed by atoms with van der Waals surface area (Å²) in [5.74, 6) is 0.0143. The van der Waals surface area contributed by atoms with E-state index >= 15 is 0 Å². The van der Waals surface area contributed by atoms with Crippen molar-refractivity contribution in [3.63, 3.8) is 0 Å². The highest BCUT2D eigenvalue weighted by molar-refractivity contribution is 6.09. The second-order valence-corrected chi connectivity index (χ2v) is 4.33. The number of hydrogen-bond acceptors (Lipinski definition) is 2. The molecule has 0 saturated heterocycles. The van der Waals surface area contributed by atoms with Gasteiger partial charge in [-0.3, -0.25) is 4.79 Å². The molecule has 0 atom stereocenters. The Morgan fingerprint density at radius 3 is 2.12 bits per heavy atom. The minimum absolute atomic E-state index is 0.0143. The zero-order chi connectivity index (χ0) is 12.4. The van der Waals surface area contributed by atoms with E-state index in [0.29, 0.717) is 16.8 Å². The van der Waals surface area contributed by atoms with Gasteiger partial charge in [-0.15, -0.1) is 0 Å². The van der Waals surface area contributed by atoms with Gasteiger partial charge >= 0.3 is 0 Å². The van der Waals surface area contributed by atoms with E-state index in [2.05, 4.69) is 0 Å². The van der Waals surface area contributed by atoms with Crippen LogP contribution in [0.2, 0.25) is 0 Å². The molecule has 0 aliphatic carbocycles. The van der Waals surface area contributed by atoms with Crippen molar-refractivity contribution in [1.82, 2.24) is 0 Å². The van der Waals surface area contributed by atoms with Gasteiger partial charge in [-0.25, -0.2) is 0 Å². The van der Waals surface area contributed by atoms with Gasteiger partial charge in [0.25, 0.3) is 0 Å². The first-order chi connectivity index (χ1) is 8.06. The summed E-state index contributed by atoms with van der Waals surface area (Å²) in [7, 11) is 0. The lowest BCUT2D eigenvalue weighted by molar-refractivity contribution is 0.103. The van der Waals surface area contributed by atoms with Crippen LogP contribution in [0.1, 0.15) is 27.0 Å². The number of hydrogen-bond donors (Lipinski definition) is 1. The lowest BCUT2D eigenvalue weighted by atomic mass is 10.0. The summed E-state index contributed by atoms with van der Waals surface area (Å²) in [6.45, 7) is 3.93. The largest absolute Gasteiger partial charge is 0.399 e. The molecule has 0 radical (unpaired) electrons. The van der Waals surface area contributed by atoms with Crippen LogP contribution in [-0.2, 0) is 0 Å². The van der Waals surface area contributed by atoms with Crippen molar-refractivity contribution in [1.29, 1.82) is 0 Å². The molecule has 0 amide bonds. The number of aryl methyl sites for hydroxylation is 2. The molecular weight excluding hydrogens is 210 g/mol. The van der Waals surface area contributed by atoms with Crippen molar-refractivity contribution in [2.24, 2.45) is 0 Å². The number of benzene rings is 2. The van der Waals surface area contributed by atoms with Crippen molar-refractivity contribution in [2.75, 3.05) is 5.73 Å². The zero-order valence-electron chi connectivity index (χ0n) is 10.0. The standard InChI is InChI=1S/C15H15NO/c1-10-3-5-12(6-4-10)15(17)13-7-11(2)8-14(16)9-13/h3-9H,16H2,1-2H3. The first-order valence-corrected chi connectivity index (χ1v) is 5.55. The Hall–Kier alpha value is -2.09. The third kappa shape index (κ3) is 2.53. The molecule has 0 fully saturated rings. The summed E-state index contributed by atoms with van der Waals surface area (Å²) in [5, 5.41) is 0. The van der Waals surface area contributed by atoms with E-state index in [9.17, 15) is 4.79 Å². The fourth-order valence-electron chi connectivity index (χ4n) is 1.82. The average molecular weight is 225 g/mol. The third-order valence-electron chi connectivity index (χ3n) is 2.68. The minimum atomic E-state index is 0.0143. The van der Waals surface area contributed by atoms with Crippen LogP contribution in [0.3, 0.4) is 0 Å². The molecule has 0 heterocycles. The van der Waals surface area contributed by atoms with E-state index in [0.717, 1.165) is 11.1 Å². The van der Waals surface area contributed by atoms with Crippen LogP contribution in [0.25, 0.3) is 0 Å². The summed E-state index contributed by atoms with van der Waals surface area (Å²) in [6, 6.07) is 13.0. The van der Waals surface area contributed by atoms with E-state index in [1.165, 1.54) is 0 Å². The molecule has 0 aliphatic rings. The molecule has 86 valence electrons. The first kappa shape index (κ1) is 11.4. The maximum absolute atomic E-state index is 12.2. The fraction of sp³-hybridized carbons (Fsp3) is 0.133. The summed E-state index contributed by atoms with van der Waals surface area (Å²) < 4.78 is 0. The number of carbonyl (C=O) groups is 1.